The van der Waals surface area contributed by atoms with Gasteiger partial charge in [0.1, 0.15) is 11.4 Å². The van der Waals surface area contributed by atoms with Crippen LogP contribution in [0.2, 0.25) is 0 Å². The third kappa shape index (κ3) is 4.38. The largest absolute Gasteiger partial charge is 0.417 e. The standard InChI is InChI=1S/C18H17F3N4O3/c19-18(20,21)12-5-6-16(22-11-12)24-9-7-13(8-10-24)23-17(26)14-3-1-2-4-15(14)25(27)28/h1-6,11,13H,7-10H2,(H,23,26). The Morgan fingerprint density at radius 2 is 1.86 bits per heavy atom. The van der Waals surface area contributed by atoms with Gasteiger partial charge in [0.05, 0.1) is 10.5 Å². The van der Waals surface area contributed by atoms with E-state index in [1.165, 1.54) is 24.3 Å². The minimum atomic E-state index is -4.43. The summed E-state index contributed by atoms with van der Waals surface area (Å²) in [5, 5.41) is 13.8. The number of hydrogen-bond donors (Lipinski definition) is 1. The van der Waals surface area contributed by atoms with Crippen LogP contribution >= 0.6 is 0 Å². The highest BCUT2D eigenvalue weighted by atomic mass is 19.4. The summed E-state index contributed by atoms with van der Waals surface area (Å²) >= 11 is 0. The molecule has 1 aliphatic rings. The number of piperidine rings is 1. The van der Waals surface area contributed by atoms with Gasteiger partial charge in [-0.2, -0.15) is 13.2 Å². The first-order chi connectivity index (χ1) is 13.3. The molecule has 1 saturated heterocycles. The van der Waals surface area contributed by atoms with E-state index in [9.17, 15) is 28.1 Å². The Kier molecular flexibility index (Phi) is 5.48. The molecule has 0 spiro atoms. The van der Waals surface area contributed by atoms with Gasteiger partial charge in [-0.15, -0.1) is 0 Å². The SMILES string of the molecule is O=C(NC1CCN(c2ccc(C(F)(F)F)cn2)CC1)c1ccccc1[N+](=O)[O-]. The van der Waals surface area contributed by atoms with Gasteiger partial charge in [0, 0.05) is 31.4 Å². The lowest BCUT2D eigenvalue weighted by Gasteiger charge is -2.33. The summed E-state index contributed by atoms with van der Waals surface area (Å²) in [7, 11) is 0. The number of halogens is 3. The van der Waals surface area contributed by atoms with Crippen molar-refractivity contribution in [2.24, 2.45) is 0 Å². The normalized spacial score (nSPS) is 15.3. The second-order valence-corrected chi connectivity index (χ2v) is 6.41. The van der Waals surface area contributed by atoms with Crippen molar-refractivity contribution < 1.29 is 22.9 Å². The van der Waals surface area contributed by atoms with Gasteiger partial charge in [-0.05, 0) is 31.0 Å². The lowest BCUT2D eigenvalue weighted by atomic mass is 10.0. The fraction of sp³-hybridized carbons (Fsp3) is 0.333. The van der Waals surface area contributed by atoms with E-state index in [0.29, 0.717) is 31.7 Å². The van der Waals surface area contributed by atoms with Crippen molar-refractivity contribution >= 4 is 17.4 Å². The molecule has 0 saturated carbocycles. The number of nitro benzene ring substituents is 1. The molecular weight excluding hydrogens is 377 g/mol. The van der Waals surface area contributed by atoms with Gasteiger partial charge in [0.25, 0.3) is 11.6 Å². The molecule has 28 heavy (non-hydrogen) atoms. The van der Waals surface area contributed by atoms with Crippen LogP contribution in [0.1, 0.15) is 28.8 Å². The molecule has 1 aliphatic heterocycles. The number of amides is 1. The maximum Gasteiger partial charge on any atom is 0.417 e. The van der Waals surface area contributed by atoms with Crippen LogP contribution in [0.3, 0.4) is 0 Å². The van der Waals surface area contributed by atoms with Crippen LogP contribution in [0.15, 0.2) is 42.6 Å². The van der Waals surface area contributed by atoms with E-state index in [2.05, 4.69) is 10.3 Å². The number of pyridine rings is 1. The number of para-hydroxylation sites is 1. The number of hydrogen-bond acceptors (Lipinski definition) is 5. The van der Waals surface area contributed by atoms with Crippen molar-refractivity contribution in [1.29, 1.82) is 0 Å². The van der Waals surface area contributed by atoms with Gasteiger partial charge < -0.3 is 10.2 Å². The summed E-state index contributed by atoms with van der Waals surface area (Å²) in [5.41, 5.74) is -1.06. The average molecular weight is 394 g/mol. The highest BCUT2D eigenvalue weighted by Crippen LogP contribution is 2.30. The summed E-state index contributed by atoms with van der Waals surface area (Å²) in [5.74, 6) is -0.0742. The summed E-state index contributed by atoms with van der Waals surface area (Å²) in [6.45, 7) is 1.00. The Morgan fingerprint density at radius 3 is 2.43 bits per heavy atom. The van der Waals surface area contributed by atoms with Crippen LogP contribution in [-0.2, 0) is 6.18 Å². The molecule has 0 atom stereocenters. The molecule has 0 radical (unpaired) electrons. The molecule has 2 aromatic rings. The van der Waals surface area contributed by atoms with Gasteiger partial charge in [-0.3, -0.25) is 14.9 Å². The lowest BCUT2D eigenvalue weighted by Crippen LogP contribution is -2.45. The highest BCUT2D eigenvalue weighted by molar-refractivity contribution is 5.98. The maximum absolute atomic E-state index is 12.6. The summed E-state index contributed by atoms with van der Waals surface area (Å²) in [4.78, 5) is 28.5. The van der Waals surface area contributed by atoms with Crippen LogP contribution in [0.25, 0.3) is 0 Å². The van der Waals surface area contributed by atoms with E-state index in [0.717, 1.165) is 12.3 Å². The second kappa shape index (κ2) is 7.83. The van der Waals surface area contributed by atoms with E-state index in [4.69, 9.17) is 0 Å². The smallest absolute Gasteiger partial charge is 0.356 e. The Bertz CT molecular complexity index is 863. The van der Waals surface area contributed by atoms with E-state index >= 15 is 0 Å². The number of nitrogens with one attached hydrogen (secondary N) is 1. The molecule has 1 fully saturated rings. The first kappa shape index (κ1) is 19.6. The van der Waals surface area contributed by atoms with Gasteiger partial charge in [0.15, 0.2) is 0 Å². The number of nitrogens with zero attached hydrogens (tertiary/aromatic N) is 3. The number of nitro groups is 1. The predicted octanol–water partition coefficient (Wildman–Crippen LogP) is 3.41. The van der Waals surface area contributed by atoms with Crippen molar-refractivity contribution in [3.05, 3.63) is 63.8 Å². The quantitative estimate of drug-likeness (QED) is 0.634. The number of carbonyl (C=O) groups is 1. The number of carbonyl (C=O) groups excluding carboxylic acids is 1. The topological polar surface area (TPSA) is 88.4 Å². The first-order valence-corrected chi connectivity index (χ1v) is 8.58. The summed E-state index contributed by atoms with van der Waals surface area (Å²) in [6, 6.07) is 7.85. The van der Waals surface area contributed by atoms with E-state index in [1.807, 2.05) is 4.90 Å². The molecule has 1 amide bonds. The van der Waals surface area contributed by atoms with Gasteiger partial charge in [0.2, 0.25) is 0 Å². The summed E-state index contributed by atoms with van der Waals surface area (Å²) < 4.78 is 37.9. The van der Waals surface area contributed by atoms with Crippen molar-refractivity contribution in [2.45, 2.75) is 25.1 Å². The molecule has 1 aromatic carbocycles. The molecule has 3 rings (SSSR count). The fourth-order valence-electron chi connectivity index (χ4n) is 3.08. The third-order valence-electron chi connectivity index (χ3n) is 4.57. The number of aromatic nitrogens is 1. The zero-order chi connectivity index (χ0) is 20.3. The third-order valence-corrected chi connectivity index (χ3v) is 4.57. The lowest BCUT2D eigenvalue weighted by molar-refractivity contribution is -0.385. The maximum atomic E-state index is 12.6. The van der Waals surface area contributed by atoms with E-state index in [-0.39, 0.29) is 17.3 Å². The van der Waals surface area contributed by atoms with Gasteiger partial charge in [-0.1, -0.05) is 12.1 Å². The van der Waals surface area contributed by atoms with Crippen LogP contribution in [-0.4, -0.2) is 34.9 Å². The second-order valence-electron chi connectivity index (χ2n) is 6.41. The van der Waals surface area contributed by atoms with Crippen LogP contribution in [0.4, 0.5) is 24.7 Å². The Labute approximate surface area is 158 Å². The molecular formula is C18H17F3N4O3. The van der Waals surface area contributed by atoms with Crippen LogP contribution < -0.4 is 10.2 Å². The monoisotopic (exact) mass is 394 g/mol. The van der Waals surface area contributed by atoms with Crippen molar-refractivity contribution in [1.82, 2.24) is 10.3 Å². The van der Waals surface area contributed by atoms with Gasteiger partial charge >= 0.3 is 6.18 Å². The highest BCUT2D eigenvalue weighted by Gasteiger charge is 2.31. The molecule has 0 unspecified atom stereocenters. The Morgan fingerprint density at radius 1 is 1.18 bits per heavy atom. The molecule has 1 aromatic heterocycles. The average Bonchev–Trinajstić information content (AvgIpc) is 2.68. The molecule has 0 aliphatic carbocycles. The molecule has 2 heterocycles. The van der Waals surface area contributed by atoms with Gasteiger partial charge in [-0.25, -0.2) is 4.98 Å². The number of anilines is 1. The molecule has 10 heteroatoms. The van der Waals surface area contributed by atoms with E-state index < -0.39 is 22.6 Å². The number of alkyl halides is 3. The Balaban J connectivity index is 1.59. The molecule has 1 N–H and O–H groups in total. The van der Waals surface area contributed by atoms with Crippen LogP contribution in [0.5, 0.6) is 0 Å². The van der Waals surface area contributed by atoms with Crippen molar-refractivity contribution in [2.75, 3.05) is 18.0 Å². The van der Waals surface area contributed by atoms with Crippen molar-refractivity contribution in [3.8, 4) is 0 Å². The molecule has 0 bridgehead atoms. The minimum absolute atomic E-state index is 0.000615. The molecule has 148 valence electrons. The Hall–Kier alpha value is -3.17. The van der Waals surface area contributed by atoms with Crippen molar-refractivity contribution in [3.63, 3.8) is 0 Å². The zero-order valence-electron chi connectivity index (χ0n) is 14.6. The number of benzene rings is 1. The first-order valence-electron chi connectivity index (χ1n) is 8.58. The minimum Gasteiger partial charge on any atom is -0.356 e. The molecule has 7 nitrogen and oxygen atoms in total. The van der Waals surface area contributed by atoms with Crippen LogP contribution in [0, 0.1) is 10.1 Å². The fourth-order valence-corrected chi connectivity index (χ4v) is 3.08. The van der Waals surface area contributed by atoms with E-state index in [1.54, 1.807) is 6.07 Å². The predicted molar refractivity (Wildman–Crippen MR) is 95.0 cm³/mol. The number of rotatable bonds is 4. The zero-order valence-corrected chi connectivity index (χ0v) is 14.6. The summed E-state index contributed by atoms with van der Waals surface area (Å²) in [6.07, 6.45) is -2.52.